The van der Waals surface area contributed by atoms with Crippen molar-refractivity contribution in [2.45, 2.75) is 57.4 Å². The van der Waals surface area contributed by atoms with Gasteiger partial charge < -0.3 is 14.7 Å². The molecule has 0 unspecified atom stereocenters. The Labute approximate surface area is 186 Å². The van der Waals surface area contributed by atoms with E-state index in [9.17, 15) is 9.59 Å². The first-order chi connectivity index (χ1) is 15.0. The monoisotopic (exact) mass is 439 g/mol. The summed E-state index contributed by atoms with van der Waals surface area (Å²) in [6.07, 6.45) is 7.53. The molecule has 2 aromatic heterocycles. The zero-order valence-electron chi connectivity index (χ0n) is 18.3. The number of amides is 2. The average molecular weight is 440 g/mol. The lowest BCUT2D eigenvalue weighted by Crippen LogP contribution is -2.50. The number of rotatable bonds is 4. The van der Waals surface area contributed by atoms with Gasteiger partial charge in [-0.1, -0.05) is 0 Å². The van der Waals surface area contributed by atoms with Crippen LogP contribution in [0.1, 0.15) is 48.9 Å². The first-order valence-electron chi connectivity index (χ1n) is 11.5. The molecule has 0 spiro atoms. The normalized spacial score (nSPS) is 26.5. The Morgan fingerprint density at radius 3 is 2.45 bits per heavy atom. The largest absolute Gasteiger partial charge is 0.353 e. The minimum atomic E-state index is 0.0614. The fourth-order valence-corrected chi connectivity index (χ4v) is 6.73. The second kappa shape index (κ2) is 6.89. The van der Waals surface area contributed by atoms with Crippen LogP contribution in [0.25, 0.3) is 10.2 Å². The smallest absolute Gasteiger partial charge is 0.230 e. The summed E-state index contributed by atoms with van der Waals surface area (Å²) >= 11 is 1.81. The zero-order chi connectivity index (χ0) is 21.3. The van der Waals surface area contributed by atoms with E-state index in [1.54, 1.807) is 11.8 Å². The summed E-state index contributed by atoms with van der Waals surface area (Å²) in [6.45, 7) is 3.98. The van der Waals surface area contributed by atoms with Gasteiger partial charge in [-0.25, -0.2) is 9.97 Å². The van der Waals surface area contributed by atoms with E-state index < -0.39 is 0 Å². The second-order valence-corrected chi connectivity index (χ2v) is 10.8. The third-order valence-corrected chi connectivity index (χ3v) is 9.04. The van der Waals surface area contributed by atoms with E-state index in [0.29, 0.717) is 37.5 Å². The molecule has 3 aliphatic carbocycles. The molecule has 31 heavy (non-hydrogen) atoms. The standard InChI is InChI=1S/C23H29N5O2S/c1-14(29)27-7-9-28(10-8-27)19(30)11-18-24-21(26(2)23-12-15(23)13-23)20-16-5-3-4-6-17(16)31-22(20)25-18/h15H,3-13H2,1-2H3. The molecule has 0 aromatic carbocycles. The minimum absolute atomic E-state index is 0.0614. The van der Waals surface area contributed by atoms with Gasteiger partial charge in [-0.3, -0.25) is 9.59 Å². The van der Waals surface area contributed by atoms with Crippen LogP contribution in [0.5, 0.6) is 0 Å². The predicted octanol–water partition coefficient (Wildman–Crippen LogP) is 2.40. The maximum atomic E-state index is 13.0. The molecule has 8 heteroatoms. The summed E-state index contributed by atoms with van der Waals surface area (Å²) < 4.78 is 0. The quantitative estimate of drug-likeness (QED) is 0.732. The van der Waals surface area contributed by atoms with Crippen molar-refractivity contribution in [1.82, 2.24) is 19.8 Å². The van der Waals surface area contributed by atoms with E-state index in [4.69, 9.17) is 9.97 Å². The predicted molar refractivity (Wildman–Crippen MR) is 120 cm³/mol. The molecule has 0 N–H and O–H groups in total. The van der Waals surface area contributed by atoms with Gasteiger partial charge in [-0.2, -0.15) is 0 Å². The molecule has 2 amide bonds. The molecule has 6 rings (SSSR count). The van der Waals surface area contributed by atoms with Crippen molar-refractivity contribution in [1.29, 1.82) is 0 Å². The van der Waals surface area contributed by atoms with Gasteiger partial charge in [-0.15, -0.1) is 11.3 Å². The lowest BCUT2D eigenvalue weighted by molar-refractivity contribution is -0.138. The number of hydrogen-bond donors (Lipinski definition) is 0. The van der Waals surface area contributed by atoms with Gasteiger partial charge in [-0.05, 0) is 50.0 Å². The fourth-order valence-electron chi connectivity index (χ4n) is 5.46. The minimum Gasteiger partial charge on any atom is -0.353 e. The number of carbonyl (C=O) groups is 2. The van der Waals surface area contributed by atoms with Crippen LogP contribution in [-0.4, -0.2) is 70.3 Å². The van der Waals surface area contributed by atoms with Crippen molar-refractivity contribution in [3.05, 3.63) is 16.3 Å². The van der Waals surface area contributed by atoms with Crippen LogP contribution in [-0.2, 0) is 28.9 Å². The molecule has 1 aliphatic heterocycles. The molecule has 4 aliphatic rings. The highest BCUT2D eigenvalue weighted by molar-refractivity contribution is 7.19. The Hall–Kier alpha value is -2.22. The number of hydrogen-bond acceptors (Lipinski definition) is 6. The van der Waals surface area contributed by atoms with Crippen molar-refractivity contribution in [2.24, 2.45) is 5.92 Å². The van der Waals surface area contributed by atoms with Crippen molar-refractivity contribution in [3.63, 3.8) is 0 Å². The Morgan fingerprint density at radius 2 is 1.77 bits per heavy atom. The molecule has 3 heterocycles. The summed E-state index contributed by atoms with van der Waals surface area (Å²) in [6, 6.07) is 0. The Morgan fingerprint density at radius 1 is 1.10 bits per heavy atom. The number of aromatic nitrogens is 2. The number of piperazine rings is 1. The van der Waals surface area contributed by atoms with E-state index >= 15 is 0 Å². The van der Waals surface area contributed by atoms with E-state index in [1.807, 2.05) is 16.2 Å². The van der Waals surface area contributed by atoms with Crippen LogP contribution in [0.4, 0.5) is 5.82 Å². The molecule has 0 atom stereocenters. The van der Waals surface area contributed by atoms with E-state index in [2.05, 4.69) is 11.9 Å². The average Bonchev–Trinajstić information content (AvgIpc) is 3.61. The van der Waals surface area contributed by atoms with Gasteiger partial charge in [0.15, 0.2) is 0 Å². The van der Waals surface area contributed by atoms with E-state index in [0.717, 1.165) is 29.4 Å². The molecular formula is C23H29N5O2S. The zero-order valence-corrected chi connectivity index (χ0v) is 19.1. The number of carbonyl (C=O) groups excluding carboxylic acids is 2. The van der Waals surface area contributed by atoms with Gasteiger partial charge in [0.2, 0.25) is 11.8 Å². The van der Waals surface area contributed by atoms with Gasteiger partial charge in [0.05, 0.1) is 11.8 Å². The van der Waals surface area contributed by atoms with Crippen molar-refractivity contribution < 1.29 is 9.59 Å². The molecular weight excluding hydrogens is 410 g/mol. The molecule has 7 nitrogen and oxygen atoms in total. The fraction of sp³-hybridized carbons (Fsp3) is 0.652. The lowest BCUT2D eigenvalue weighted by Gasteiger charge is -2.34. The Kier molecular flexibility index (Phi) is 4.32. The van der Waals surface area contributed by atoms with Crippen molar-refractivity contribution in [2.75, 3.05) is 38.1 Å². The first-order valence-corrected chi connectivity index (χ1v) is 12.4. The summed E-state index contributed by atoms with van der Waals surface area (Å²) in [5, 5.41) is 1.25. The van der Waals surface area contributed by atoms with E-state index in [-0.39, 0.29) is 18.2 Å². The topological polar surface area (TPSA) is 69.6 Å². The molecule has 2 saturated carbocycles. The molecule has 164 valence electrons. The molecule has 0 bridgehead atoms. The molecule has 3 fully saturated rings. The van der Waals surface area contributed by atoms with Crippen LogP contribution in [0.3, 0.4) is 0 Å². The molecule has 2 aromatic rings. The highest BCUT2D eigenvalue weighted by Crippen LogP contribution is 2.70. The summed E-state index contributed by atoms with van der Waals surface area (Å²) in [7, 11) is 2.19. The first kappa shape index (κ1) is 19.5. The van der Waals surface area contributed by atoms with Crippen molar-refractivity contribution >= 4 is 39.2 Å². The third kappa shape index (κ3) is 3.13. The van der Waals surface area contributed by atoms with Gasteiger partial charge in [0.25, 0.3) is 0 Å². The third-order valence-electron chi connectivity index (χ3n) is 7.85. The number of anilines is 1. The number of aryl methyl sites for hydroxylation is 2. The highest BCUT2D eigenvalue weighted by Gasteiger charge is 2.72. The van der Waals surface area contributed by atoms with E-state index in [1.165, 1.54) is 41.5 Å². The number of fused-ring (bicyclic) bond motifs is 4. The van der Waals surface area contributed by atoms with Gasteiger partial charge >= 0.3 is 0 Å². The SMILES string of the molecule is CC(=O)N1CCN(C(=O)Cc2nc(N(C)C34CC3C4)c3c4c(sc3n2)CCCC4)CC1. The van der Waals surface area contributed by atoms with Crippen molar-refractivity contribution in [3.8, 4) is 0 Å². The molecule has 1 saturated heterocycles. The summed E-state index contributed by atoms with van der Waals surface area (Å²) in [4.78, 5) is 43.0. The maximum Gasteiger partial charge on any atom is 0.230 e. The van der Waals surface area contributed by atoms with Gasteiger partial charge in [0, 0.05) is 50.6 Å². The molecule has 0 radical (unpaired) electrons. The van der Waals surface area contributed by atoms with Crippen LogP contribution in [0.2, 0.25) is 0 Å². The van der Waals surface area contributed by atoms with Crippen LogP contribution >= 0.6 is 11.3 Å². The van der Waals surface area contributed by atoms with Crippen LogP contribution in [0.15, 0.2) is 0 Å². The van der Waals surface area contributed by atoms with Crippen LogP contribution < -0.4 is 4.90 Å². The highest BCUT2D eigenvalue weighted by atomic mass is 32.1. The number of thiophene rings is 1. The van der Waals surface area contributed by atoms with Crippen LogP contribution in [0, 0.1) is 5.92 Å². The maximum absolute atomic E-state index is 13.0. The Bertz CT molecular complexity index is 1080. The second-order valence-electron chi connectivity index (χ2n) is 9.69. The number of nitrogens with zero attached hydrogens (tertiary/aromatic N) is 5. The van der Waals surface area contributed by atoms with Gasteiger partial charge in [0.1, 0.15) is 16.5 Å². The summed E-state index contributed by atoms with van der Waals surface area (Å²) in [5.74, 6) is 2.66. The summed E-state index contributed by atoms with van der Waals surface area (Å²) in [5.41, 5.74) is 1.79. The lowest BCUT2D eigenvalue weighted by atomic mass is 9.97. The Balaban J connectivity index is 1.30.